The van der Waals surface area contributed by atoms with Crippen molar-refractivity contribution in [1.82, 2.24) is 15.0 Å². The molecule has 0 unspecified atom stereocenters. The van der Waals surface area contributed by atoms with Gasteiger partial charge in [0, 0.05) is 37.9 Å². The number of anilines is 2. The molecule has 3 heterocycles. The summed E-state index contributed by atoms with van der Waals surface area (Å²) in [4.78, 5) is 13.6. The minimum absolute atomic E-state index is 0.347. The molecule has 1 aliphatic carbocycles. The Labute approximate surface area is 166 Å². The lowest BCUT2D eigenvalue weighted by molar-refractivity contribution is 0.0699. The van der Waals surface area contributed by atoms with Gasteiger partial charge in [-0.05, 0) is 56.6 Å². The van der Waals surface area contributed by atoms with Gasteiger partial charge in [-0.25, -0.2) is 15.0 Å². The first-order valence-electron chi connectivity index (χ1n) is 10.4. The van der Waals surface area contributed by atoms with Crippen molar-refractivity contribution in [3.63, 3.8) is 0 Å². The first-order chi connectivity index (χ1) is 13.8. The topological polar surface area (TPSA) is 98.0 Å². The second-order valence-electron chi connectivity index (χ2n) is 7.89. The van der Waals surface area contributed by atoms with Crippen molar-refractivity contribution in [2.75, 3.05) is 30.4 Å². The second-order valence-corrected chi connectivity index (χ2v) is 7.89. The van der Waals surface area contributed by atoms with Gasteiger partial charge in [0.2, 0.25) is 0 Å². The van der Waals surface area contributed by atoms with Crippen LogP contribution in [0.15, 0.2) is 30.6 Å². The van der Waals surface area contributed by atoms with E-state index in [0.29, 0.717) is 18.0 Å². The van der Waals surface area contributed by atoms with E-state index >= 15 is 0 Å². The van der Waals surface area contributed by atoms with Crippen molar-refractivity contribution in [2.45, 2.75) is 50.6 Å². The molecule has 2 aromatic rings. The Hall–Kier alpha value is -2.25. The zero-order chi connectivity index (χ0) is 19.2. The van der Waals surface area contributed by atoms with Crippen molar-refractivity contribution in [3.8, 4) is 11.4 Å². The van der Waals surface area contributed by atoms with E-state index in [2.05, 4.69) is 20.6 Å². The third-order valence-electron chi connectivity index (χ3n) is 5.72. The number of nitrogens with zero attached hydrogens (tertiary/aromatic N) is 3. The minimum atomic E-state index is 0.347. The molecule has 2 fully saturated rings. The Bertz CT molecular complexity index is 756. The Balaban J connectivity index is 1.39. The van der Waals surface area contributed by atoms with E-state index in [1.54, 1.807) is 6.33 Å². The molecule has 1 saturated carbocycles. The largest absolute Gasteiger partial charge is 0.381 e. The van der Waals surface area contributed by atoms with E-state index < -0.39 is 0 Å². The number of rotatable bonds is 6. The highest BCUT2D eigenvalue weighted by atomic mass is 16.5. The summed E-state index contributed by atoms with van der Waals surface area (Å²) in [5.41, 5.74) is 7.69. The van der Waals surface area contributed by atoms with Gasteiger partial charge in [-0.2, -0.15) is 0 Å². The Morgan fingerprint density at radius 3 is 2.61 bits per heavy atom. The average Bonchev–Trinajstić information content (AvgIpc) is 2.75. The summed E-state index contributed by atoms with van der Waals surface area (Å²) in [6.45, 7) is 2.66. The maximum Gasteiger partial charge on any atom is 0.130 e. The molecule has 1 saturated heterocycles. The molecule has 0 atom stereocenters. The third kappa shape index (κ3) is 5.17. The zero-order valence-electron chi connectivity index (χ0n) is 16.3. The minimum Gasteiger partial charge on any atom is -0.381 e. The van der Waals surface area contributed by atoms with Crippen LogP contribution in [0.25, 0.3) is 11.4 Å². The molecular weight excluding hydrogens is 352 g/mol. The lowest BCUT2D eigenvalue weighted by atomic mass is 9.92. The van der Waals surface area contributed by atoms with Gasteiger partial charge in [-0.1, -0.05) is 6.07 Å². The first kappa shape index (κ1) is 19.1. The molecular formula is C21H30N6O. The van der Waals surface area contributed by atoms with E-state index in [9.17, 15) is 0 Å². The van der Waals surface area contributed by atoms with Gasteiger partial charge in [0.15, 0.2) is 0 Å². The summed E-state index contributed by atoms with van der Waals surface area (Å²) in [5, 5.41) is 7.00. The number of hydrogen-bond acceptors (Lipinski definition) is 7. The lowest BCUT2D eigenvalue weighted by Crippen LogP contribution is -2.33. The number of nitrogens with one attached hydrogen (secondary N) is 2. The maximum atomic E-state index is 6.00. The van der Waals surface area contributed by atoms with Crippen molar-refractivity contribution in [2.24, 2.45) is 11.7 Å². The van der Waals surface area contributed by atoms with E-state index in [1.807, 2.05) is 24.3 Å². The molecule has 28 heavy (non-hydrogen) atoms. The van der Waals surface area contributed by atoms with Crippen molar-refractivity contribution in [1.29, 1.82) is 0 Å². The SMILES string of the molecule is NC1CCC(Nc2cc(-c3cccc(NCC4CCOCC4)n3)ncn2)CC1. The predicted molar refractivity (Wildman–Crippen MR) is 111 cm³/mol. The maximum absolute atomic E-state index is 6.00. The fraction of sp³-hybridized carbons (Fsp3) is 0.571. The van der Waals surface area contributed by atoms with Crippen LogP contribution >= 0.6 is 0 Å². The zero-order valence-corrected chi connectivity index (χ0v) is 16.3. The number of pyridine rings is 1. The molecule has 1 aliphatic heterocycles. The summed E-state index contributed by atoms with van der Waals surface area (Å²) in [7, 11) is 0. The molecule has 0 spiro atoms. The Morgan fingerprint density at radius 1 is 0.964 bits per heavy atom. The average molecular weight is 383 g/mol. The molecule has 4 rings (SSSR count). The van der Waals surface area contributed by atoms with Crippen LogP contribution in [0, 0.1) is 5.92 Å². The summed E-state index contributed by atoms with van der Waals surface area (Å²) < 4.78 is 5.43. The quantitative estimate of drug-likeness (QED) is 0.706. The van der Waals surface area contributed by atoms with E-state index in [4.69, 9.17) is 15.5 Å². The van der Waals surface area contributed by atoms with Crippen LogP contribution in [0.1, 0.15) is 38.5 Å². The summed E-state index contributed by atoms with van der Waals surface area (Å²) in [6.07, 6.45) is 8.14. The summed E-state index contributed by atoms with van der Waals surface area (Å²) >= 11 is 0. The van der Waals surface area contributed by atoms with Crippen LogP contribution in [-0.4, -0.2) is 46.8 Å². The fourth-order valence-corrected chi connectivity index (χ4v) is 3.92. The number of aromatic nitrogens is 3. The van der Waals surface area contributed by atoms with Crippen LogP contribution in [0.4, 0.5) is 11.6 Å². The van der Waals surface area contributed by atoms with E-state index in [1.165, 1.54) is 0 Å². The van der Waals surface area contributed by atoms with Crippen molar-refractivity contribution in [3.05, 3.63) is 30.6 Å². The number of ether oxygens (including phenoxy) is 1. The van der Waals surface area contributed by atoms with Gasteiger partial charge in [0.05, 0.1) is 11.4 Å². The Morgan fingerprint density at radius 2 is 1.79 bits per heavy atom. The third-order valence-corrected chi connectivity index (χ3v) is 5.72. The van der Waals surface area contributed by atoms with Gasteiger partial charge in [0.25, 0.3) is 0 Å². The van der Waals surface area contributed by atoms with Gasteiger partial charge >= 0.3 is 0 Å². The van der Waals surface area contributed by atoms with Crippen LogP contribution in [-0.2, 0) is 4.74 Å². The molecule has 7 heteroatoms. The van der Waals surface area contributed by atoms with Crippen molar-refractivity contribution < 1.29 is 4.74 Å². The van der Waals surface area contributed by atoms with Gasteiger partial charge in [0.1, 0.15) is 18.0 Å². The van der Waals surface area contributed by atoms with Gasteiger partial charge < -0.3 is 21.1 Å². The number of nitrogens with two attached hydrogens (primary N) is 1. The first-order valence-corrected chi connectivity index (χ1v) is 10.4. The molecule has 0 amide bonds. The van der Waals surface area contributed by atoms with Crippen LogP contribution in [0.3, 0.4) is 0 Å². The molecule has 0 bridgehead atoms. The molecule has 7 nitrogen and oxygen atoms in total. The Kier molecular flexibility index (Phi) is 6.34. The number of hydrogen-bond donors (Lipinski definition) is 3. The molecule has 150 valence electrons. The molecule has 0 aromatic carbocycles. The second kappa shape index (κ2) is 9.30. The molecule has 4 N–H and O–H groups in total. The normalized spacial score (nSPS) is 23.3. The highest BCUT2D eigenvalue weighted by Gasteiger charge is 2.19. The summed E-state index contributed by atoms with van der Waals surface area (Å²) in [6, 6.07) is 8.79. The van der Waals surface area contributed by atoms with Crippen LogP contribution in [0.2, 0.25) is 0 Å². The highest BCUT2D eigenvalue weighted by Crippen LogP contribution is 2.23. The molecule has 2 aromatic heterocycles. The van der Waals surface area contributed by atoms with E-state index in [-0.39, 0.29) is 0 Å². The molecule has 0 radical (unpaired) electrons. The fourth-order valence-electron chi connectivity index (χ4n) is 3.92. The van der Waals surface area contributed by atoms with Gasteiger partial charge in [-0.3, -0.25) is 0 Å². The summed E-state index contributed by atoms with van der Waals surface area (Å²) in [5.74, 6) is 2.39. The van der Waals surface area contributed by atoms with Crippen LogP contribution < -0.4 is 16.4 Å². The standard InChI is InChI=1S/C21H30N6O/c22-16-4-6-17(7-5-16)26-21-12-19(24-14-25-21)18-2-1-3-20(27-18)23-13-15-8-10-28-11-9-15/h1-3,12,14-17H,4-11,13,22H2,(H,23,27)(H,24,25,26). The lowest BCUT2D eigenvalue weighted by Gasteiger charge is -2.27. The monoisotopic (exact) mass is 382 g/mol. The predicted octanol–water partition coefficient (Wildman–Crippen LogP) is 3.06. The van der Waals surface area contributed by atoms with Crippen molar-refractivity contribution >= 4 is 11.6 Å². The highest BCUT2D eigenvalue weighted by molar-refractivity contribution is 5.60. The molecule has 2 aliphatic rings. The smallest absolute Gasteiger partial charge is 0.130 e. The van der Waals surface area contributed by atoms with Gasteiger partial charge in [-0.15, -0.1) is 0 Å². The van der Waals surface area contributed by atoms with E-state index in [0.717, 1.165) is 81.3 Å². The van der Waals surface area contributed by atoms with Crippen LogP contribution in [0.5, 0.6) is 0 Å².